The van der Waals surface area contributed by atoms with Gasteiger partial charge in [0.1, 0.15) is 17.1 Å². The highest BCUT2D eigenvalue weighted by molar-refractivity contribution is 5.91. The number of carboxylic acid groups (broad SMARTS) is 1. The molecule has 2 rings (SSSR count). The Morgan fingerprint density at radius 1 is 1.00 bits per heavy atom. The average molecular weight is 428 g/mol. The zero-order valence-corrected chi connectivity index (χ0v) is 14.3. The minimum Gasteiger partial charge on any atom is -0.490 e. The number of carboxylic acids is 1. The van der Waals surface area contributed by atoms with Crippen LogP contribution in [0.5, 0.6) is 23.0 Å². The molecule has 5 nitrogen and oxygen atoms in total. The molecule has 0 aliphatic heterocycles. The van der Waals surface area contributed by atoms with Gasteiger partial charge in [0.2, 0.25) is 0 Å². The van der Waals surface area contributed by atoms with E-state index in [1.54, 1.807) is 0 Å². The van der Waals surface area contributed by atoms with E-state index < -0.39 is 47.0 Å². The lowest BCUT2D eigenvalue weighted by Crippen LogP contribution is -2.17. The van der Waals surface area contributed by atoms with Crippen molar-refractivity contribution in [2.75, 3.05) is 6.61 Å². The summed E-state index contributed by atoms with van der Waals surface area (Å²) < 4.78 is 103. The zero-order chi connectivity index (χ0) is 22.0. The Hall–Kier alpha value is -3.18. The molecule has 0 saturated heterocycles. The molecular formula is C17H11F7O5. The molecule has 0 fully saturated rings. The highest BCUT2D eigenvalue weighted by Gasteiger charge is 2.37. The SMILES string of the molecule is CCOc1cc(OC(F)(F)F)ccc1Oc1ccc(C(F)(F)F)c(F)c1C(=O)O. The first-order chi connectivity index (χ1) is 13.3. The molecule has 0 unspecified atom stereocenters. The Labute approximate surface area is 158 Å². The van der Waals surface area contributed by atoms with E-state index in [1.165, 1.54) is 6.92 Å². The number of ether oxygens (including phenoxy) is 3. The summed E-state index contributed by atoms with van der Waals surface area (Å²) in [6.45, 7) is 1.42. The normalized spacial score (nSPS) is 11.9. The van der Waals surface area contributed by atoms with Crippen molar-refractivity contribution in [3.8, 4) is 23.0 Å². The van der Waals surface area contributed by atoms with E-state index in [1.807, 2.05) is 0 Å². The second-order valence-corrected chi connectivity index (χ2v) is 5.29. The van der Waals surface area contributed by atoms with Crippen molar-refractivity contribution in [2.45, 2.75) is 19.5 Å². The van der Waals surface area contributed by atoms with Crippen LogP contribution < -0.4 is 14.2 Å². The van der Waals surface area contributed by atoms with Crippen LogP contribution in [0.25, 0.3) is 0 Å². The van der Waals surface area contributed by atoms with Gasteiger partial charge in [0.05, 0.1) is 12.2 Å². The number of hydrogen-bond donors (Lipinski definition) is 1. The van der Waals surface area contributed by atoms with Gasteiger partial charge in [0.15, 0.2) is 17.3 Å². The largest absolute Gasteiger partial charge is 0.573 e. The average Bonchev–Trinajstić information content (AvgIpc) is 2.54. The summed E-state index contributed by atoms with van der Waals surface area (Å²) in [4.78, 5) is 11.3. The molecule has 0 radical (unpaired) electrons. The zero-order valence-electron chi connectivity index (χ0n) is 14.3. The van der Waals surface area contributed by atoms with Gasteiger partial charge in [0, 0.05) is 6.07 Å². The lowest BCUT2D eigenvalue weighted by molar-refractivity contribution is -0.274. The number of benzene rings is 2. The van der Waals surface area contributed by atoms with Crippen LogP contribution in [0.3, 0.4) is 0 Å². The first kappa shape index (κ1) is 22.1. The van der Waals surface area contributed by atoms with E-state index in [2.05, 4.69) is 4.74 Å². The molecule has 0 atom stereocenters. The number of halogens is 7. The molecule has 0 amide bonds. The quantitative estimate of drug-likeness (QED) is 0.604. The van der Waals surface area contributed by atoms with Gasteiger partial charge in [0.25, 0.3) is 0 Å². The fourth-order valence-corrected chi connectivity index (χ4v) is 2.22. The smallest absolute Gasteiger partial charge is 0.490 e. The number of hydrogen-bond acceptors (Lipinski definition) is 4. The van der Waals surface area contributed by atoms with Gasteiger partial charge >= 0.3 is 18.5 Å². The lowest BCUT2D eigenvalue weighted by atomic mass is 10.1. The summed E-state index contributed by atoms with van der Waals surface area (Å²) in [7, 11) is 0. The Morgan fingerprint density at radius 2 is 1.62 bits per heavy atom. The maximum Gasteiger partial charge on any atom is 0.573 e. The second kappa shape index (κ2) is 8.05. The Balaban J connectivity index is 2.50. The maximum absolute atomic E-state index is 14.1. The summed E-state index contributed by atoms with van der Waals surface area (Å²) in [6, 6.07) is 3.32. The van der Waals surface area contributed by atoms with E-state index in [0.29, 0.717) is 6.07 Å². The van der Waals surface area contributed by atoms with Crippen molar-refractivity contribution >= 4 is 5.97 Å². The third-order valence-corrected chi connectivity index (χ3v) is 3.29. The van der Waals surface area contributed by atoms with Gasteiger partial charge in [-0.1, -0.05) is 0 Å². The van der Waals surface area contributed by atoms with Gasteiger partial charge in [-0.05, 0) is 31.2 Å². The van der Waals surface area contributed by atoms with E-state index in [9.17, 15) is 35.5 Å². The van der Waals surface area contributed by atoms with Crippen LogP contribution in [0.15, 0.2) is 30.3 Å². The van der Waals surface area contributed by atoms with Gasteiger partial charge in [-0.15, -0.1) is 13.2 Å². The molecule has 0 saturated carbocycles. The molecule has 0 aliphatic rings. The van der Waals surface area contributed by atoms with Gasteiger partial charge in [-0.25, -0.2) is 9.18 Å². The van der Waals surface area contributed by atoms with Crippen LogP contribution >= 0.6 is 0 Å². The Kier molecular flexibility index (Phi) is 6.14. The van der Waals surface area contributed by atoms with Gasteiger partial charge < -0.3 is 19.3 Å². The van der Waals surface area contributed by atoms with E-state index >= 15 is 0 Å². The molecule has 12 heteroatoms. The molecule has 0 aromatic heterocycles. The van der Waals surface area contributed by atoms with Crippen molar-refractivity contribution < 1.29 is 54.8 Å². The molecule has 0 aliphatic carbocycles. The Bertz CT molecular complexity index is 906. The van der Waals surface area contributed by atoms with Crippen LogP contribution in [0.1, 0.15) is 22.8 Å². The fourth-order valence-electron chi connectivity index (χ4n) is 2.22. The van der Waals surface area contributed by atoms with Crippen LogP contribution in [0.4, 0.5) is 30.7 Å². The summed E-state index contributed by atoms with van der Waals surface area (Å²) in [5.41, 5.74) is -3.22. The summed E-state index contributed by atoms with van der Waals surface area (Å²) in [5.74, 6) is -6.33. The predicted molar refractivity (Wildman–Crippen MR) is 82.7 cm³/mol. The second-order valence-electron chi connectivity index (χ2n) is 5.29. The van der Waals surface area contributed by atoms with Crippen LogP contribution in [-0.2, 0) is 6.18 Å². The minimum absolute atomic E-state index is 0.0566. The number of carbonyl (C=O) groups is 1. The van der Waals surface area contributed by atoms with Crippen molar-refractivity contribution in [3.63, 3.8) is 0 Å². The molecule has 0 spiro atoms. The predicted octanol–water partition coefficient (Wildman–Crippen LogP) is 5.63. The lowest BCUT2D eigenvalue weighted by Gasteiger charge is -2.17. The highest BCUT2D eigenvalue weighted by Crippen LogP contribution is 2.40. The van der Waals surface area contributed by atoms with Crippen LogP contribution in [0.2, 0.25) is 0 Å². The van der Waals surface area contributed by atoms with E-state index in [4.69, 9.17) is 14.6 Å². The summed E-state index contributed by atoms with van der Waals surface area (Å²) in [6.07, 6.45) is -10.2. The first-order valence-electron chi connectivity index (χ1n) is 7.67. The molecule has 2 aromatic rings. The molecule has 1 N–H and O–H groups in total. The molecule has 0 heterocycles. The van der Waals surface area contributed by atoms with Crippen molar-refractivity contribution in [3.05, 3.63) is 47.3 Å². The number of aromatic carboxylic acids is 1. The van der Waals surface area contributed by atoms with Gasteiger partial charge in [-0.3, -0.25) is 0 Å². The third kappa shape index (κ3) is 5.42. The van der Waals surface area contributed by atoms with Gasteiger partial charge in [-0.2, -0.15) is 13.2 Å². The molecule has 29 heavy (non-hydrogen) atoms. The van der Waals surface area contributed by atoms with Crippen LogP contribution in [-0.4, -0.2) is 24.0 Å². The molecule has 0 bridgehead atoms. The molecular weight excluding hydrogens is 417 g/mol. The van der Waals surface area contributed by atoms with E-state index in [-0.39, 0.29) is 24.2 Å². The van der Waals surface area contributed by atoms with Crippen molar-refractivity contribution in [1.29, 1.82) is 0 Å². The standard InChI is InChI=1S/C17H11F7O5/c1-2-27-12-7-8(29-17(22,23)24)3-5-10(12)28-11-6-4-9(16(19,20)21)14(18)13(11)15(25)26/h3-7H,2H2,1H3,(H,25,26). The monoisotopic (exact) mass is 428 g/mol. The van der Waals surface area contributed by atoms with E-state index in [0.717, 1.165) is 18.2 Å². The molecule has 158 valence electrons. The Morgan fingerprint density at radius 3 is 2.14 bits per heavy atom. The summed E-state index contributed by atoms with van der Waals surface area (Å²) in [5, 5.41) is 9.10. The van der Waals surface area contributed by atoms with Crippen LogP contribution in [0, 0.1) is 5.82 Å². The summed E-state index contributed by atoms with van der Waals surface area (Å²) >= 11 is 0. The third-order valence-electron chi connectivity index (χ3n) is 3.29. The fraction of sp³-hybridized carbons (Fsp3) is 0.235. The first-order valence-corrected chi connectivity index (χ1v) is 7.67. The van der Waals surface area contributed by atoms with Crippen molar-refractivity contribution in [2.24, 2.45) is 0 Å². The topological polar surface area (TPSA) is 65.0 Å². The number of rotatable bonds is 6. The van der Waals surface area contributed by atoms with Crippen molar-refractivity contribution in [1.82, 2.24) is 0 Å². The highest BCUT2D eigenvalue weighted by atomic mass is 19.4. The molecule has 2 aromatic carbocycles. The minimum atomic E-state index is -5.15. The maximum atomic E-state index is 14.1. The number of alkyl halides is 6.